The first kappa shape index (κ1) is 16.6. The average Bonchev–Trinajstić information content (AvgIpc) is 2.45. The zero-order valence-electron chi connectivity index (χ0n) is 11.0. The number of methoxy groups -OCH3 is 1. The summed E-state index contributed by atoms with van der Waals surface area (Å²) in [7, 11) is 1.43. The van der Waals surface area contributed by atoms with E-state index in [4.69, 9.17) is 27.9 Å². The fourth-order valence-electron chi connectivity index (χ4n) is 1.98. The highest BCUT2D eigenvalue weighted by Gasteiger charge is 2.17. The van der Waals surface area contributed by atoms with Crippen LogP contribution in [-0.2, 0) is 6.42 Å². The molecule has 0 amide bonds. The number of benzene rings is 2. The van der Waals surface area contributed by atoms with Gasteiger partial charge in [-0.25, -0.2) is 4.39 Å². The molecule has 2 nitrogen and oxygen atoms in total. The van der Waals surface area contributed by atoms with Crippen molar-refractivity contribution in [2.45, 2.75) is 12.5 Å². The SMILES string of the molecule is COc1cc(F)c(Br)cc1C(O)Cc1ccc(Cl)c(Cl)c1. The lowest BCUT2D eigenvalue weighted by atomic mass is 10.0. The fourth-order valence-corrected chi connectivity index (χ4v) is 2.66. The molecule has 0 saturated heterocycles. The molecule has 0 spiro atoms. The predicted octanol–water partition coefficient (Wildman–Crippen LogP) is 5.18. The van der Waals surface area contributed by atoms with Crippen LogP contribution in [-0.4, -0.2) is 12.2 Å². The number of hydrogen-bond donors (Lipinski definition) is 1. The Bertz CT molecular complexity index is 664. The van der Waals surface area contributed by atoms with Gasteiger partial charge in [0.05, 0.1) is 27.7 Å². The molecule has 2 rings (SSSR count). The van der Waals surface area contributed by atoms with Crippen LogP contribution >= 0.6 is 39.1 Å². The number of aliphatic hydroxyl groups excluding tert-OH is 1. The van der Waals surface area contributed by atoms with E-state index in [1.807, 2.05) is 0 Å². The third kappa shape index (κ3) is 3.89. The maximum atomic E-state index is 13.5. The lowest BCUT2D eigenvalue weighted by molar-refractivity contribution is 0.173. The van der Waals surface area contributed by atoms with Crippen LogP contribution in [0, 0.1) is 5.82 Å². The molecule has 2 aromatic carbocycles. The molecule has 1 N–H and O–H groups in total. The number of ether oxygens (including phenoxy) is 1. The molecule has 1 unspecified atom stereocenters. The standard InChI is InChI=1S/C15H12BrCl2FO2/c1-21-15-7-13(19)10(16)6-9(15)14(20)5-8-2-3-11(17)12(18)4-8/h2-4,6-7,14,20H,5H2,1H3. The molecule has 0 aliphatic carbocycles. The number of aliphatic hydroxyl groups is 1. The second-order valence-electron chi connectivity index (χ2n) is 4.48. The van der Waals surface area contributed by atoms with Crippen molar-refractivity contribution in [3.05, 3.63) is 61.8 Å². The minimum Gasteiger partial charge on any atom is -0.496 e. The van der Waals surface area contributed by atoms with Gasteiger partial charge in [0.25, 0.3) is 0 Å². The van der Waals surface area contributed by atoms with Crippen LogP contribution in [0.2, 0.25) is 10.0 Å². The van der Waals surface area contributed by atoms with Crippen LogP contribution in [0.1, 0.15) is 17.2 Å². The highest BCUT2D eigenvalue weighted by atomic mass is 79.9. The van der Waals surface area contributed by atoms with E-state index < -0.39 is 11.9 Å². The van der Waals surface area contributed by atoms with Crippen molar-refractivity contribution in [2.24, 2.45) is 0 Å². The van der Waals surface area contributed by atoms with Crippen LogP contribution in [0.3, 0.4) is 0 Å². The van der Waals surface area contributed by atoms with Crippen molar-refractivity contribution in [3.8, 4) is 5.75 Å². The van der Waals surface area contributed by atoms with Gasteiger partial charge in [-0.1, -0.05) is 29.3 Å². The molecule has 0 fully saturated rings. The van der Waals surface area contributed by atoms with E-state index in [0.29, 0.717) is 27.8 Å². The van der Waals surface area contributed by atoms with Gasteiger partial charge in [0.2, 0.25) is 0 Å². The van der Waals surface area contributed by atoms with E-state index in [1.54, 1.807) is 18.2 Å². The molecule has 112 valence electrons. The van der Waals surface area contributed by atoms with Crippen LogP contribution in [0.5, 0.6) is 5.75 Å². The van der Waals surface area contributed by atoms with Crippen LogP contribution in [0.4, 0.5) is 4.39 Å². The van der Waals surface area contributed by atoms with Crippen molar-refractivity contribution in [1.82, 2.24) is 0 Å². The van der Waals surface area contributed by atoms with Gasteiger partial charge in [-0.3, -0.25) is 0 Å². The lowest BCUT2D eigenvalue weighted by Crippen LogP contribution is -2.05. The van der Waals surface area contributed by atoms with E-state index in [9.17, 15) is 9.50 Å². The van der Waals surface area contributed by atoms with Crippen molar-refractivity contribution < 1.29 is 14.2 Å². The molecule has 0 radical (unpaired) electrons. The summed E-state index contributed by atoms with van der Waals surface area (Å²) in [4.78, 5) is 0. The first-order valence-corrected chi connectivity index (χ1v) is 7.62. The van der Waals surface area contributed by atoms with E-state index in [1.165, 1.54) is 19.2 Å². The van der Waals surface area contributed by atoms with Gasteiger partial charge >= 0.3 is 0 Å². The summed E-state index contributed by atoms with van der Waals surface area (Å²) in [5.74, 6) is -0.152. The first-order valence-electron chi connectivity index (χ1n) is 6.07. The first-order chi connectivity index (χ1) is 9.92. The van der Waals surface area contributed by atoms with Crippen LogP contribution in [0.25, 0.3) is 0 Å². The van der Waals surface area contributed by atoms with Gasteiger partial charge in [-0.15, -0.1) is 0 Å². The fraction of sp³-hybridized carbons (Fsp3) is 0.200. The highest BCUT2D eigenvalue weighted by Crippen LogP contribution is 2.33. The molecule has 0 heterocycles. The molecular weight excluding hydrogens is 382 g/mol. The van der Waals surface area contributed by atoms with Crippen molar-refractivity contribution in [2.75, 3.05) is 7.11 Å². The molecule has 6 heteroatoms. The lowest BCUT2D eigenvalue weighted by Gasteiger charge is -2.16. The Kier molecular flexibility index (Phi) is 5.49. The zero-order valence-corrected chi connectivity index (χ0v) is 14.1. The van der Waals surface area contributed by atoms with Gasteiger partial charge in [-0.2, -0.15) is 0 Å². The van der Waals surface area contributed by atoms with Crippen LogP contribution in [0.15, 0.2) is 34.8 Å². The third-order valence-electron chi connectivity index (χ3n) is 3.04. The van der Waals surface area contributed by atoms with Gasteiger partial charge in [0.15, 0.2) is 0 Å². The molecule has 0 bridgehead atoms. The summed E-state index contributed by atoms with van der Waals surface area (Å²) in [6.07, 6.45) is -0.542. The molecule has 2 aromatic rings. The molecular formula is C15H12BrCl2FO2. The maximum Gasteiger partial charge on any atom is 0.141 e. The topological polar surface area (TPSA) is 29.5 Å². The molecule has 0 aliphatic rings. The van der Waals surface area contributed by atoms with Gasteiger partial charge < -0.3 is 9.84 Å². The number of halogens is 4. The van der Waals surface area contributed by atoms with Gasteiger partial charge in [0, 0.05) is 18.1 Å². The molecule has 0 aromatic heterocycles. The monoisotopic (exact) mass is 392 g/mol. The molecule has 0 saturated carbocycles. The van der Waals surface area contributed by atoms with Gasteiger partial charge in [0.1, 0.15) is 11.6 Å². The van der Waals surface area contributed by atoms with Crippen molar-refractivity contribution in [1.29, 1.82) is 0 Å². The average molecular weight is 394 g/mol. The third-order valence-corrected chi connectivity index (χ3v) is 4.39. The van der Waals surface area contributed by atoms with Crippen molar-refractivity contribution in [3.63, 3.8) is 0 Å². The minimum absolute atomic E-state index is 0.270. The Morgan fingerprint density at radius 3 is 2.57 bits per heavy atom. The normalized spacial score (nSPS) is 12.3. The Morgan fingerprint density at radius 2 is 1.95 bits per heavy atom. The second kappa shape index (κ2) is 6.97. The number of hydrogen-bond acceptors (Lipinski definition) is 2. The second-order valence-corrected chi connectivity index (χ2v) is 6.15. The largest absolute Gasteiger partial charge is 0.496 e. The quantitative estimate of drug-likeness (QED) is 0.775. The molecule has 21 heavy (non-hydrogen) atoms. The van der Waals surface area contributed by atoms with E-state index in [0.717, 1.165) is 5.56 Å². The minimum atomic E-state index is -0.853. The molecule has 0 aliphatic heterocycles. The Hall–Kier alpha value is -0.810. The Balaban J connectivity index is 2.29. The molecule has 1 atom stereocenters. The zero-order chi connectivity index (χ0) is 15.6. The summed E-state index contributed by atoms with van der Waals surface area (Å²) in [5.41, 5.74) is 1.32. The Labute approximate surface area is 140 Å². The summed E-state index contributed by atoms with van der Waals surface area (Å²) in [6, 6.07) is 7.89. The van der Waals surface area contributed by atoms with Crippen molar-refractivity contribution >= 4 is 39.1 Å². The summed E-state index contributed by atoms with van der Waals surface area (Å²) < 4.78 is 18.9. The summed E-state index contributed by atoms with van der Waals surface area (Å²) >= 11 is 14.9. The summed E-state index contributed by atoms with van der Waals surface area (Å²) in [6.45, 7) is 0. The maximum absolute atomic E-state index is 13.5. The van der Waals surface area contributed by atoms with E-state index in [-0.39, 0.29) is 4.47 Å². The predicted molar refractivity (Wildman–Crippen MR) is 85.8 cm³/mol. The Morgan fingerprint density at radius 1 is 1.24 bits per heavy atom. The van der Waals surface area contributed by atoms with E-state index >= 15 is 0 Å². The number of rotatable bonds is 4. The van der Waals surface area contributed by atoms with Crippen LogP contribution < -0.4 is 4.74 Å². The highest BCUT2D eigenvalue weighted by molar-refractivity contribution is 9.10. The summed E-state index contributed by atoms with van der Waals surface area (Å²) in [5, 5.41) is 11.2. The van der Waals surface area contributed by atoms with E-state index in [2.05, 4.69) is 15.9 Å². The van der Waals surface area contributed by atoms with Gasteiger partial charge in [-0.05, 0) is 39.7 Å². The smallest absolute Gasteiger partial charge is 0.141 e.